The molecule has 118 valence electrons. The fraction of sp³-hybridized carbons (Fsp3) is 0.278. The summed E-state index contributed by atoms with van der Waals surface area (Å²) in [6.07, 6.45) is 0. The summed E-state index contributed by atoms with van der Waals surface area (Å²) in [6, 6.07) is 15.3. The SMILES string of the molecule is COc1ccc(C(C(C)C)n2nnc(=O)c3ccccc32)cc1. The lowest BCUT2D eigenvalue weighted by molar-refractivity contribution is 0.392. The summed E-state index contributed by atoms with van der Waals surface area (Å²) in [4.78, 5) is 11.9. The molecule has 0 saturated heterocycles. The lowest BCUT2D eigenvalue weighted by Gasteiger charge is -2.24. The van der Waals surface area contributed by atoms with Crippen molar-refractivity contribution in [2.24, 2.45) is 5.92 Å². The number of benzene rings is 2. The van der Waals surface area contributed by atoms with Gasteiger partial charge in [0.25, 0.3) is 5.56 Å². The van der Waals surface area contributed by atoms with Crippen molar-refractivity contribution in [3.63, 3.8) is 0 Å². The average Bonchev–Trinajstić information content (AvgIpc) is 2.58. The number of hydrogen-bond donors (Lipinski definition) is 0. The first-order valence-corrected chi connectivity index (χ1v) is 7.60. The van der Waals surface area contributed by atoms with Crippen molar-refractivity contribution in [2.75, 3.05) is 7.11 Å². The zero-order chi connectivity index (χ0) is 16.4. The fourth-order valence-corrected chi connectivity index (χ4v) is 2.86. The van der Waals surface area contributed by atoms with Gasteiger partial charge in [0.15, 0.2) is 0 Å². The normalized spacial score (nSPS) is 12.5. The second kappa shape index (κ2) is 6.20. The van der Waals surface area contributed by atoms with Gasteiger partial charge >= 0.3 is 0 Å². The summed E-state index contributed by atoms with van der Waals surface area (Å²) in [7, 11) is 1.65. The number of methoxy groups -OCH3 is 1. The summed E-state index contributed by atoms with van der Waals surface area (Å²) >= 11 is 0. The standard InChI is InChI=1S/C18H19N3O2/c1-12(2)17(13-8-10-14(23-3)11-9-13)21-16-7-5-4-6-15(16)18(22)19-20-21/h4-12,17H,1-3H3. The van der Waals surface area contributed by atoms with Crippen molar-refractivity contribution < 1.29 is 4.74 Å². The van der Waals surface area contributed by atoms with E-state index in [0.29, 0.717) is 5.39 Å². The van der Waals surface area contributed by atoms with Crippen LogP contribution in [0.5, 0.6) is 5.75 Å². The summed E-state index contributed by atoms with van der Waals surface area (Å²) in [5, 5.41) is 8.56. The molecule has 0 bridgehead atoms. The zero-order valence-corrected chi connectivity index (χ0v) is 13.4. The lowest BCUT2D eigenvalue weighted by Crippen LogP contribution is -2.24. The summed E-state index contributed by atoms with van der Waals surface area (Å²) in [6.45, 7) is 4.26. The molecular formula is C18H19N3O2. The van der Waals surface area contributed by atoms with Crippen LogP contribution in [0, 0.1) is 5.92 Å². The first kappa shape index (κ1) is 15.2. The maximum atomic E-state index is 11.9. The molecule has 0 aliphatic carbocycles. The Morgan fingerprint density at radius 3 is 2.39 bits per heavy atom. The third kappa shape index (κ3) is 2.82. The number of hydrogen-bond acceptors (Lipinski definition) is 4. The Kier molecular flexibility index (Phi) is 4.10. The van der Waals surface area contributed by atoms with E-state index in [1.165, 1.54) is 0 Å². The molecule has 0 spiro atoms. The molecule has 5 heteroatoms. The van der Waals surface area contributed by atoms with Crippen molar-refractivity contribution in [2.45, 2.75) is 19.9 Å². The first-order valence-electron chi connectivity index (χ1n) is 7.60. The van der Waals surface area contributed by atoms with Gasteiger partial charge in [-0.2, -0.15) is 0 Å². The highest BCUT2D eigenvalue weighted by atomic mass is 16.5. The van der Waals surface area contributed by atoms with E-state index in [1.54, 1.807) is 13.2 Å². The van der Waals surface area contributed by atoms with E-state index >= 15 is 0 Å². The van der Waals surface area contributed by atoms with Crippen molar-refractivity contribution >= 4 is 10.9 Å². The van der Waals surface area contributed by atoms with Gasteiger partial charge in [-0.25, -0.2) is 4.68 Å². The Morgan fingerprint density at radius 2 is 1.74 bits per heavy atom. The predicted molar refractivity (Wildman–Crippen MR) is 89.8 cm³/mol. The molecule has 1 atom stereocenters. The van der Waals surface area contributed by atoms with Crippen LogP contribution in [0.2, 0.25) is 0 Å². The molecule has 5 nitrogen and oxygen atoms in total. The van der Waals surface area contributed by atoms with Crippen LogP contribution < -0.4 is 10.3 Å². The Hall–Kier alpha value is -2.69. The molecule has 23 heavy (non-hydrogen) atoms. The lowest BCUT2D eigenvalue weighted by atomic mass is 9.95. The molecule has 0 aliphatic rings. The third-order valence-electron chi connectivity index (χ3n) is 3.97. The van der Waals surface area contributed by atoms with Crippen LogP contribution in [0.4, 0.5) is 0 Å². The monoisotopic (exact) mass is 309 g/mol. The molecule has 0 amide bonds. The predicted octanol–water partition coefficient (Wildman–Crippen LogP) is 3.05. The number of rotatable bonds is 4. The average molecular weight is 309 g/mol. The second-order valence-corrected chi connectivity index (χ2v) is 5.82. The van der Waals surface area contributed by atoms with Crippen LogP contribution >= 0.6 is 0 Å². The number of aromatic nitrogens is 3. The Balaban J connectivity index is 2.19. The molecule has 3 rings (SSSR count). The van der Waals surface area contributed by atoms with E-state index in [-0.39, 0.29) is 17.5 Å². The minimum absolute atomic E-state index is 0.0149. The van der Waals surface area contributed by atoms with Gasteiger partial charge in [0.1, 0.15) is 5.75 Å². The zero-order valence-electron chi connectivity index (χ0n) is 13.4. The highest BCUT2D eigenvalue weighted by molar-refractivity contribution is 5.77. The third-order valence-corrected chi connectivity index (χ3v) is 3.97. The summed E-state index contributed by atoms with van der Waals surface area (Å²) < 4.78 is 7.06. The summed E-state index contributed by atoms with van der Waals surface area (Å²) in [5.74, 6) is 1.09. The molecular weight excluding hydrogens is 290 g/mol. The number of ether oxygens (including phenoxy) is 1. The van der Waals surface area contributed by atoms with Crippen LogP contribution in [-0.2, 0) is 0 Å². The maximum absolute atomic E-state index is 11.9. The van der Waals surface area contributed by atoms with Crippen molar-refractivity contribution in [1.29, 1.82) is 0 Å². The number of para-hydroxylation sites is 1. The number of fused-ring (bicyclic) bond motifs is 1. The van der Waals surface area contributed by atoms with Crippen LogP contribution in [0.1, 0.15) is 25.5 Å². The first-order chi connectivity index (χ1) is 11.1. The van der Waals surface area contributed by atoms with Crippen molar-refractivity contribution in [3.8, 4) is 5.75 Å². The van der Waals surface area contributed by atoms with E-state index in [4.69, 9.17) is 4.74 Å². The van der Waals surface area contributed by atoms with Gasteiger partial charge in [-0.3, -0.25) is 4.79 Å². The van der Waals surface area contributed by atoms with Gasteiger partial charge in [0, 0.05) is 0 Å². The molecule has 2 aromatic carbocycles. The highest BCUT2D eigenvalue weighted by Gasteiger charge is 2.21. The smallest absolute Gasteiger partial charge is 0.299 e. The molecule has 1 unspecified atom stereocenters. The van der Waals surface area contributed by atoms with E-state index < -0.39 is 0 Å². The van der Waals surface area contributed by atoms with Crippen LogP contribution in [0.3, 0.4) is 0 Å². The summed E-state index contributed by atoms with van der Waals surface area (Å²) in [5.41, 5.74) is 1.60. The molecule has 3 aromatic rings. The Bertz CT molecular complexity index is 869. The van der Waals surface area contributed by atoms with Gasteiger partial charge in [-0.1, -0.05) is 48.4 Å². The van der Waals surface area contributed by atoms with E-state index in [9.17, 15) is 4.79 Å². The Morgan fingerprint density at radius 1 is 1.04 bits per heavy atom. The molecule has 0 fully saturated rings. The molecule has 0 radical (unpaired) electrons. The highest BCUT2D eigenvalue weighted by Crippen LogP contribution is 2.29. The van der Waals surface area contributed by atoms with Gasteiger partial charge in [0.05, 0.1) is 24.1 Å². The van der Waals surface area contributed by atoms with Crippen molar-refractivity contribution in [1.82, 2.24) is 15.0 Å². The molecule has 0 saturated carbocycles. The largest absolute Gasteiger partial charge is 0.497 e. The second-order valence-electron chi connectivity index (χ2n) is 5.82. The van der Waals surface area contributed by atoms with Crippen molar-refractivity contribution in [3.05, 3.63) is 64.4 Å². The molecule has 0 aliphatic heterocycles. The van der Waals surface area contributed by atoms with E-state index in [2.05, 4.69) is 24.2 Å². The molecule has 1 heterocycles. The maximum Gasteiger partial charge on any atom is 0.299 e. The van der Waals surface area contributed by atoms with E-state index in [0.717, 1.165) is 16.8 Å². The van der Waals surface area contributed by atoms with Crippen LogP contribution in [-0.4, -0.2) is 22.1 Å². The minimum Gasteiger partial charge on any atom is -0.497 e. The van der Waals surface area contributed by atoms with Crippen LogP contribution in [0.15, 0.2) is 53.3 Å². The van der Waals surface area contributed by atoms with Crippen LogP contribution in [0.25, 0.3) is 10.9 Å². The molecule has 1 aromatic heterocycles. The minimum atomic E-state index is -0.297. The Labute approximate surface area is 134 Å². The van der Waals surface area contributed by atoms with Gasteiger partial charge in [-0.15, -0.1) is 0 Å². The van der Waals surface area contributed by atoms with Gasteiger partial charge < -0.3 is 4.74 Å². The molecule has 0 N–H and O–H groups in total. The quantitative estimate of drug-likeness (QED) is 0.743. The fourth-order valence-electron chi connectivity index (χ4n) is 2.86. The van der Waals surface area contributed by atoms with Gasteiger partial charge in [-0.05, 0) is 35.7 Å². The van der Waals surface area contributed by atoms with E-state index in [1.807, 2.05) is 47.1 Å². The number of nitrogens with zero attached hydrogens (tertiary/aromatic N) is 3. The van der Waals surface area contributed by atoms with Gasteiger partial charge in [0.2, 0.25) is 0 Å². The topological polar surface area (TPSA) is 57.0 Å².